The highest BCUT2D eigenvalue weighted by atomic mass is 16.4. The minimum Gasteiger partial charge on any atom is -0.476 e. The maximum atomic E-state index is 10.5. The van der Waals surface area contributed by atoms with Crippen molar-refractivity contribution in [3.63, 3.8) is 0 Å². The largest absolute Gasteiger partial charge is 0.476 e. The minimum absolute atomic E-state index is 0.0558. The summed E-state index contributed by atoms with van der Waals surface area (Å²) in [7, 11) is 0. The molecule has 2 rings (SSSR count). The summed E-state index contributed by atoms with van der Waals surface area (Å²) in [6.07, 6.45) is 6.19. The molecule has 0 radical (unpaired) electrons. The third-order valence-corrected chi connectivity index (χ3v) is 2.49. The fraction of sp³-hybridized carbons (Fsp3) is 0.600. The molecule has 0 spiro atoms. The standard InChI is InChI=1S/C10H14N2O3/c13-9(14)8-6-15-10(12-8)11-5-1-2-7-3-4-7/h6-7H,1-5H2,(H,11,12)(H,13,14). The Labute approximate surface area is 87.5 Å². The summed E-state index contributed by atoms with van der Waals surface area (Å²) in [6, 6.07) is 0.295. The third-order valence-electron chi connectivity index (χ3n) is 2.49. The second-order valence-corrected chi connectivity index (χ2v) is 3.86. The van der Waals surface area contributed by atoms with Crippen LogP contribution in [0.3, 0.4) is 0 Å². The second-order valence-electron chi connectivity index (χ2n) is 3.86. The Hall–Kier alpha value is -1.52. The van der Waals surface area contributed by atoms with Crippen molar-refractivity contribution in [2.24, 2.45) is 5.92 Å². The number of aromatic carboxylic acids is 1. The van der Waals surface area contributed by atoms with Gasteiger partial charge in [0.25, 0.3) is 6.01 Å². The predicted octanol–water partition coefficient (Wildman–Crippen LogP) is 1.97. The van der Waals surface area contributed by atoms with Crippen molar-refractivity contribution in [1.82, 2.24) is 4.98 Å². The van der Waals surface area contributed by atoms with Crippen molar-refractivity contribution in [3.8, 4) is 0 Å². The zero-order valence-electron chi connectivity index (χ0n) is 8.40. The van der Waals surface area contributed by atoms with Crippen molar-refractivity contribution in [2.75, 3.05) is 11.9 Å². The van der Waals surface area contributed by atoms with Gasteiger partial charge < -0.3 is 14.8 Å². The molecular formula is C10H14N2O3. The molecule has 1 fully saturated rings. The van der Waals surface area contributed by atoms with E-state index in [1.54, 1.807) is 0 Å². The Kier molecular flexibility index (Phi) is 2.89. The molecule has 1 heterocycles. The number of carbonyl (C=O) groups is 1. The lowest BCUT2D eigenvalue weighted by Crippen LogP contribution is -2.03. The van der Waals surface area contributed by atoms with Crippen molar-refractivity contribution >= 4 is 12.0 Å². The van der Waals surface area contributed by atoms with E-state index in [4.69, 9.17) is 9.52 Å². The van der Waals surface area contributed by atoms with Crippen molar-refractivity contribution in [1.29, 1.82) is 0 Å². The second kappa shape index (κ2) is 4.33. The molecule has 0 atom stereocenters. The van der Waals surface area contributed by atoms with E-state index in [9.17, 15) is 4.79 Å². The number of carboxylic acid groups (broad SMARTS) is 1. The summed E-state index contributed by atoms with van der Waals surface area (Å²) in [4.78, 5) is 14.3. The van der Waals surface area contributed by atoms with E-state index in [1.165, 1.54) is 19.3 Å². The lowest BCUT2D eigenvalue weighted by molar-refractivity contribution is 0.0690. The fourth-order valence-electron chi connectivity index (χ4n) is 1.45. The molecule has 2 N–H and O–H groups in total. The fourth-order valence-corrected chi connectivity index (χ4v) is 1.45. The third kappa shape index (κ3) is 2.97. The summed E-state index contributed by atoms with van der Waals surface area (Å²) in [5, 5.41) is 11.6. The number of anilines is 1. The lowest BCUT2D eigenvalue weighted by atomic mass is 10.2. The molecule has 15 heavy (non-hydrogen) atoms. The van der Waals surface area contributed by atoms with Gasteiger partial charge in [0.2, 0.25) is 0 Å². The Bertz CT molecular complexity index is 344. The number of carboxylic acids is 1. The predicted molar refractivity (Wildman–Crippen MR) is 53.9 cm³/mol. The van der Waals surface area contributed by atoms with E-state index in [-0.39, 0.29) is 5.69 Å². The molecule has 1 aliphatic rings. The summed E-state index contributed by atoms with van der Waals surface area (Å²) in [5.74, 6) is -0.143. The number of nitrogens with zero attached hydrogens (tertiary/aromatic N) is 1. The SMILES string of the molecule is O=C(O)c1coc(NCCCC2CC2)n1. The highest BCUT2D eigenvalue weighted by Gasteiger charge is 2.20. The highest BCUT2D eigenvalue weighted by molar-refractivity contribution is 5.85. The average Bonchev–Trinajstić information content (AvgIpc) is 2.90. The van der Waals surface area contributed by atoms with Crippen LogP contribution in [0.1, 0.15) is 36.2 Å². The molecule has 1 saturated carbocycles. The van der Waals surface area contributed by atoms with Gasteiger partial charge in [0.05, 0.1) is 0 Å². The highest BCUT2D eigenvalue weighted by Crippen LogP contribution is 2.33. The van der Waals surface area contributed by atoms with E-state index >= 15 is 0 Å². The number of oxazole rings is 1. The molecule has 1 aliphatic carbocycles. The van der Waals surface area contributed by atoms with E-state index < -0.39 is 5.97 Å². The lowest BCUT2D eigenvalue weighted by Gasteiger charge is -1.99. The Morgan fingerprint density at radius 2 is 2.47 bits per heavy atom. The molecule has 5 nitrogen and oxygen atoms in total. The average molecular weight is 210 g/mol. The molecule has 0 saturated heterocycles. The molecule has 82 valence electrons. The molecule has 0 unspecified atom stereocenters. The first kappa shape index (κ1) is 10.0. The first-order valence-electron chi connectivity index (χ1n) is 5.18. The van der Waals surface area contributed by atoms with E-state index in [0.717, 1.165) is 25.1 Å². The molecular weight excluding hydrogens is 196 g/mol. The van der Waals surface area contributed by atoms with Gasteiger partial charge in [-0.1, -0.05) is 12.8 Å². The van der Waals surface area contributed by atoms with E-state index in [0.29, 0.717) is 6.01 Å². The van der Waals surface area contributed by atoms with Crippen LogP contribution < -0.4 is 5.32 Å². The molecule has 0 aliphatic heterocycles. The molecule has 0 bridgehead atoms. The normalized spacial score (nSPS) is 15.2. The van der Waals surface area contributed by atoms with Crippen LogP contribution in [0.15, 0.2) is 10.7 Å². The van der Waals surface area contributed by atoms with Gasteiger partial charge >= 0.3 is 5.97 Å². The van der Waals surface area contributed by atoms with Gasteiger partial charge in [0, 0.05) is 6.54 Å². The first-order chi connectivity index (χ1) is 7.25. The van der Waals surface area contributed by atoms with Crippen LogP contribution in [0.5, 0.6) is 0 Å². The first-order valence-corrected chi connectivity index (χ1v) is 5.18. The zero-order chi connectivity index (χ0) is 10.7. The molecule has 5 heteroatoms. The van der Waals surface area contributed by atoms with Gasteiger partial charge in [-0.25, -0.2) is 4.79 Å². The van der Waals surface area contributed by atoms with E-state index in [1.807, 2.05) is 0 Å². The topological polar surface area (TPSA) is 75.4 Å². The summed E-state index contributed by atoms with van der Waals surface area (Å²) in [6.45, 7) is 0.788. The van der Waals surface area contributed by atoms with Crippen LogP contribution in [0, 0.1) is 5.92 Å². The number of rotatable bonds is 6. The molecule has 0 amide bonds. The number of aromatic nitrogens is 1. The Morgan fingerprint density at radius 1 is 1.67 bits per heavy atom. The monoisotopic (exact) mass is 210 g/mol. The van der Waals surface area contributed by atoms with Crippen LogP contribution in [-0.4, -0.2) is 22.6 Å². The van der Waals surface area contributed by atoms with Crippen molar-refractivity contribution in [3.05, 3.63) is 12.0 Å². The van der Waals surface area contributed by atoms with Crippen LogP contribution in [-0.2, 0) is 0 Å². The maximum Gasteiger partial charge on any atom is 0.357 e. The quantitative estimate of drug-likeness (QED) is 0.702. The summed E-state index contributed by atoms with van der Waals surface area (Å²) in [5.41, 5.74) is -0.0558. The van der Waals surface area contributed by atoms with Gasteiger partial charge in [-0.2, -0.15) is 4.98 Å². The summed E-state index contributed by atoms with van der Waals surface area (Å²) >= 11 is 0. The van der Waals surface area contributed by atoms with E-state index in [2.05, 4.69) is 10.3 Å². The number of hydrogen-bond donors (Lipinski definition) is 2. The van der Waals surface area contributed by atoms with Crippen molar-refractivity contribution < 1.29 is 14.3 Å². The Balaban J connectivity index is 1.70. The molecule has 1 aromatic heterocycles. The maximum absolute atomic E-state index is 10.5. The van der Waals surface area contributed by atoms with Gasteiger partial charge in [-0.05, 0) is 18.8 Å². The minimum atomic E-state index is -1.07. The smallest absolute Gasteiger partial charge is 0.357 e. The summed E-state index contributed by atoms with van der Waals surface area (Å²) < 4.78 is 4.95. The zero-order valence-corrected chi connectivity index (χ0v) is 8.40. The van der Waals surface area contributed by atoms with Crippen LogP contribution in [0.2, 0.25) is 0 Å². The van der Waals surface area contributed by atoms with Crippen LogP contribution in [0.25, 0.3) is 0 Å². The molecule has 0 aromatic carbocycles. The Morgan fingerprint density at radius 3 is 3.07 bits per heavy atom. The number of nitrogens with one attached hydrogen (secondary N) is 1. The van der Waals surface area contributed by atoms with Gasteiger partial charge in [0.1, 0.15) is 6.26 Å². The number of hydrogen-bond acceptors (Lipinski definition) is 4. The van der Waals surface area contributed by atoms with Gasteiger partial charge in [0.15, 0.2) is 5.69 Å². The van der Waals surface area contributed by atoms with Crippen LogP contribution in [0.4, 0.5) is 6.01 Å². The molecule has 1 aromatic rings. The van der Waals surface area contributed by atoms with Gasteiger partial charge in [-0.15, -0.1) is 0 Å². The van der Waals surface area contributed by atoms with Crippen LogP contribution >= 0.6 is 0 Å². The van der Waals surface area contributed by atoms with Crippen molar-refractivity contribution in [2.45, 2.75) is 25.7 Å². The van der Waals surface area contributed by atoms with Gasteiger partial charge in [-0.3, -0.25) is 0 Å².